The number of methoxy groups -OCH3 is 2. The standard InChI is InChI=1S/C28H29N3O6.C23H21N3O4/c1-6-15-35-23-13-11-19(12-14-24(32)30-22-10-8-7-9-20(22)16-29)25(26(23)34-5)36-21-17-31(18-21)27(33)37-28(2,3)4;1-3-12-29-20-10-8-16(22(23(20)28-2)30-18-14-25-15-18)9-11-21(27)26-19-7-5-4-6-17(19)13-24/h1,7-14,21H,15,17-18H2,2-5H3,(H,30,32);1,4-11,18,25H,12,14-15H2,2H3,(H,26,27)/b14-12+;11-9+. The minimum absolute atomic E-state index is 0.00901. The molecule has 0 saturated carbocycles. The number of carbonyl (C=O) groups excluding carboxylic acids is 3. The normalized spacial score (nSPS) is 13.1. The van der Waals surface area contributed by atoms with E-state index in [0.29, 0.717) is 94.3 Å². The van der Waals surface area contributed by atoms with Crippen LogP contribution >= 0.6 is 0 Å². The number of nitrogens with one attached hydrogen (secondary N) is 3. The Labute approximate surface area is 390 Å². The number of hydrogen-bond donors (Lipinski definition) is 3. The van der Waals surface area contributed by atoms with Gasteiger partial charge in [-0.3, -0.25) is 9.59 Å². The molecule has 0 unspecified atom stereocenters. The van der Waals surface area contributed by atoms with Crippen LogP contribution in [0, 0.1) is 47.3 Å². The Hall–Kier alpha value is -8.57. The Morgan fingerprint density at radius 3 is 1.54 bits per heavy atom. The van der Waals surface area contributed by atoms with E-state index in [1.54, 1.807) is 106 Å². The zero-order valence-corrected chi connectivity index (χ0v) is 37.7. The summed E-state index contributed by atoms with van der Waals surface area (Å²) in [4.78, 5) is 38.8. The summed E-state index contributed by atoms with van der Waals surface area (Å²) in [6.07, 6.45) is 15.7. The lowest BCUT2D eigenvalue weighted by molar-refractivity contribution is -0.112. The van der Waals surface area contributed by atoms with Crippen LogP contribution in [0.1, 0.15) is 43.0 Å². The summed E-state index contributed by atoms with van der Waals surface area (Å²) in [6.45, 7) is 7.61. The monoisotopic (exact) mass is 906 g/mol. The van der Waals surface area contributed by atoms with Gasteiger partial charge >= 0.3 is 6.09 Å². The molecule has 4 aromatic rings. The number of nitrogens with zero attached hydrogens (tertiary/aromatic N) is 3. The van der Waals surface area contributed by atoms with Gasteiger partial charge < -0.3 is 54.0 Å². The predicted molar refractivity (Wildman–Crippen MR) is 252 cm³/mol. The Kier molecular flexibility index (Phi) is 17.7. The molecule has 0 spiro atoms. The first kappa shape index (κ1) is 49.4. The van der Waals surface area contributed by atoms with Crippen molar-refractivity contribution in [3.63, 3.8) is 0 Å². The average Bonchev–Trinajstić information content (AvgIpc) is 3.28. The molecule has 4 aromatic carbocycles. The molecule has 16 nitrogen and oxygen atoms in total. The van der Waals surface area contributed by atoms with E-state index in [4.69, 9.17) is 51.3 Å². The quantitative estimate of drug-likeness (QED) is 0.0783. The Bertz CT molecular complexity index is 2650. The minimum Gasteiger partial charge on any atom is -0.490 e. The van der Waals surface area contributed by atoms with E-state index in [0.717, 1.165) is 0 Å². The third kappa shape index (κ3) is 14.0. The van der Waals surface area contributed by atoms with Crippen LogP contribution in [0.4, 0.5) is 16.2 Å². The molecule has 2 fully saturated rings. The van der Waals surface area contributed by atoms with E-state index < -0.39 is 17.6 Å². The molecule has 16 heteroatoms. The highest BCUT2D eigenvalue weighted by Gasteiger charge is 2.36. The molecule has 344 valence electrons. The highest BCUT2D eigenvalue weighted by Crippen LogP contribution is 2.43. The van der Waals surface area contributed by atoms with Crippen LogP contribution in [-0.2, 0) is 14.3 Å². The van der Waals surface area contributed by atoms with Gasteiger partial charge in [0.05, 0.1) is 49.8 Å². The first-order chi connectivity index (χ1) is 32.3. The fourth-order valence-corrected chi connectivity index (χ4v) is 6.20. The number of rotatable bonds is 16. The molecule has 2 saturated heterocycles. The molecule has 3 amide bonds. The highest BCUT2D eigenvalue weighted by molar-refractivity contribution is 6.03. The second-order valence-electron chi connectivity index (χ2n) is 15.5. The lowest BCUT2D eigenvalue weighted by Crippen LogP contribution is -2.57. The number of amides is 3. The first-order valence-corrected chi connectivity index (χ1v) is 20.8. The lowest BCUT2D eigenvalue weighted by Gasteiger charge is -2.39. The van der Waals surface area contributed by atoms with Crippen LogP contribution in [0.15, 0.2) is 84.9 Å². The van der Waals surface area contributed by atoms with E-state index in [2.05, 4.69) is 27.8 Å². The molecule has 0 aromatic heterocycles. The van der Waals surface area contributed by atoms with Crippen LogP contribution in [-0.4, -0.2) is 94.2 Å². The van der Waals surface area contributed by atoms with Gasteiger partial charge in [-0.1, -0.05) is 36.1 Å². The van der Waals surface area contributed by atoms with E-state index in [1.165, 1.54) is 31.3 Å². The van der Waals surface area contributed by atoms with Gasteiger partial charge in [0.25, 0.3) is 0 Å². The van der Waals surface area contributed by atoms with Gasteiger partial charge in [-0.2, -0.15) is 10.5 Å². The molecule has 0 radical (unpaired) electrons. The van der Waals surface area contributed by atoms with Gasteiger partial charge in [0.2, 0.25) is 23.3 Å². The topological polar surface area (TPSA) is 203 Å². The number of anilines is 2. The summed E-state index contributed by atoms with van der Waals surface area (Å²) in [6, 6.07) is 24.4. The molecule has 67 heavy (non-hydrogen) atoms. The van der Waals surface area contributed by atoms with Crippen LogP contribution in [0.25, 0.3) is 12.2 Å². The molecular formula is C51H50N6O10. The van der Waals surface area contributed by atoms with Gasteiger partial charge in [0.15, 0.2) is 23.0 Å². The van der Waals surface area contributed by atoms with Crippen molar-refractivity contribution in [3.05, 3.63) is 107 Å². The third-order valence-electron chi connectivity index (χ3n) is 9.50. The molecule has 0 atom stereocenters. The van der Waals surface area contributed by atoms with Gasteiger partial charge in [-0.25, -0.2) is 4.79 Å². The van der Waals surface area contributed by atoms with Crippen LogP contribution in [0.2, 0.25) is 0 Å². The van der Waals surface area contributed by atoms with Crippen LogP contribution in [0.5, 0.6) is 34.5 Å². The number of para-hydroxylation sites is 2. The zero-order valence-electron chi connectivity index (χ0n) is 37.7. The van der Waals surface area contributed by atoms with E-state index in [-0.39, 0.29) is 31.3 Å². The lowest BCUT2D eigenvalue weighted by atomic mass is 10.1. The maximum absolute atomic E-state index is 12.6. The second kappa shape index (κ2) is 23.9. The fraction of sp³-hybridized carbons (Fsp3) is 0.275. The average molecular weight is 907 g/mol. The molecule has 0 aliphatic carbocycles. The van der Waals surface area contributed by atoms with E-state index in [9.17, 15) is 19.6 Å². The molecule has 2 aliphatic rings. The van der Waals surface area contributed by atoms with Crippen molar-refractivity contribution in [1.29, 1.82) is 10.5 Å². The number of hydrogen-bond acceptors (Lipinski definition) is 13. The number of nitriles is 2. The number of likely N-dealkylation sites (tertiary alicyclic amines) is 1. The zero-order chi connectivity index (χ0) is 48.3. The number of ether oxygens (including phenoxy) is 7. The molecule has 6 rings (SSSR count). The number of benzene rings is 4. The molecule has 2 aliphatic heterocycles. The van der Waals surface area contributed by atoms with Crippen molar-refractivity contribution >= 4 is 41.4 Å². The summed E-state index contributed by atoms with van der Waals surface area (Å²) >= 11 is 0. The van der Waals surface area contributed by atoms with Crippen molar-refractivity contribution in [2.75, 3.05) is 64.2 Å². The van der Waals surface area contributed by atoms with Gasteiger partial charge in [0, 0.05) is 36.4 Å². The van der Waals surface area contributed by atoms with E-state index >= 15 is 0 Å². The Morgan fingerprint density at radius 1 is 0.701 bits per heavy atom. The third-order valence-corrected chi connectivity index (χ3v) is 9.50. The van der Waals surface area contributed by atoms with Gasteiger partial charge in [-0.15, -0.1) is 12.8 Å². The van der Waals surface area contributed by atoms with Crippen LogP contribution < -0.4 is 44.4 Å². The highest BCUT2D eigenvalue weighted by atomic mass is 16.6. The van der Waals surface area contributed by atoms with E-state index in [1.807, 2.05) is 12.1 Å². The minimum atomic E-state index is -0.596. The summed E-state index contributed by atoms with van der Waals surface area (Å²) in [7, 11) is 2.99. The Balaban J connectivity index is 0.000000256. The van der Waals surface area contributed by atoms with Gasteiger partial charge in [-0.05, 0) is 81.5 Å². The van der Waals surface area contributed by atoms with Crippen molar-refractivity contribution < 1.29 is 47.5 Å². The molecular weight excluding hydrogens is 857 g/mol. The largest absolute Gasteiger partial charge is 0.490 e. The summed E-state index contributed by atoms with van der Waals surface area (Å²) < 4.78 is 39.9. The van der Waals surface area contributed by atoms with Crippen LogP contribution in [0.3, 0.4) is 0 Å². The predicted octanol–water partition coefficient (Wildman–Crippen LogP) is 6.81. The second-order valence-corrected chi connectivity index (χ2v) is 15.5. The molecule has 3 N–H and O–H groups in total. The number of carbonyl (C=O) groups is 3. The maximum atomic E-state index is 12.6. The summed E-state index contributed by atoms with van der Waals surface area (Å²) in [5.41, 5.74) is 2.19. The molecule has 2 heterocycles. The summed E-state index contributed by atoms with van der Waals surface area (Å²) in [5.74, 6) is 6.39. The Morgan fingerprint density at radius 2 is 1.15 bits per heavy atom. The van der Waals surface area contributed by atoms with Crippen molar-refractivity contribution in [2.45, 2.75) is 38.6 Å². The SMILES string of the molecule is C#CCOc1ccc(/C=C/C(=O)Nc2ccccc2C#N)c(OC2CN(C(=O)OC(C)(C)C)C2)c1OC.C#CCOc1ccc(/C=C/C(=O)Nc2ccccc2C#N)c(OC2CNC2)c1OC. The maximum Gasteiger partial charge on any atom is 0.410 e. The first-order valence-electron chi connectivity index (χ1n) is 20.8. The van der Waals surface area contributed by atoms with Crippen molar-refractivity contribution in [1.82, 2.24) is 10.2 Å². The number of terminal acetylenes is 2. The fourth-order valence-electron chi connectivity index (χ4n) is 6.20. The van der Waals surface area contributed by atoms with Crippen molar-refractivity contribution in [2.24, 2.45) is 0 Å². The molecule has 0 bridgehead atoms. The smallest absolute Gasteiger partial charge is 0.410 e. The van der Waals surface area contributed by atoms with Crippen molar-refractivity contribution in [3.8, 4) is 71.3 Å². The van der Waals surface area contributed by atoms with Gasteiger partial charge in [0.1, 0.15) is 43.2 Å². The summed E-state index contributed by atoms with van der Waals surface area (Å²) in [5, 5.41) is 26.9.